The van der Waals surface area contributed by atoms with Gasteiger partial charge in [-0.1, -0.05) is 18.2 Å². The van der Waals surface area contributed by atoms with Gasteiger partial charge in [0.2, 0.25) is 0 Å². The first-order valence-corrected chi connectivity index (χ1v) is 5.55. The second-order valence-corrected chi connectivity index (χ2v) is 4.13. The highest BCUT2D eigenvalue weighted by molar-refractivity contribution is 5.72. The molecule has 0 bridgehead atoms. The van der Waals surface area contributed by atoms with E-state index in [1.54, 1.807) is 29.0 Å². The number of rotatable bonds is 1. The summed E-state index contributed by atoms with van der Waals surface area (Å²) in [4.78, 5) is 4.28. The molecule has 0 aliphatic heterocycles. The molecule has 3 rings (SSSR count). The number of para-hydroxylation sites is 1. The molecule has 0 saturated carbocycles. The van der Waals surface area contributed by atoms with Crippen molar-refractivity contribution in [1.82, 2.24) is 14.6 Å². The van der Waals surface area contributed by atoms with E-state index < -0.39 is 0 Å². The monoisotopic (exact) mass is 240 g/mol. The number of phenolic OH excluding ortho intramolecular Hbond substituents is 1. The third-order valence-corrected chi connectivity index (χ3v) is 2.91. The summed E-state index contributed by atoms with van der Waals surface area (Å²) >= 11 is 0. The van der Waals surface area contributed by atoms with Crippen LogP contribution in [0.5, 0.6) is 5.75 Å². The highest BCUT2D eigenvalue weighted by Gasteiger charge is 2.09. The molecule has 5 heteroatoms. The zero-order valence-electron chi connectivity index (χ0n) is 9.83. The Labute approximate surface area is 104 Å². The maximum absolute atomic E-state index is 9.81. The van der Waals surface area contributed by atoms with Crippen LogP contribution >= 0.6 is 0 Å². The Morgan fingerprint density at radius 2 is 2.06 bits per heavy atom. The standard InChI is InChI=1S/C13H12N4O/c1-8-12(14)13-15-6-9(7-17(13)16-8)10-4-2-3-5-11(10)18/h2-7,18H,14H2,1H3. The zero-order chi connectivity index (χ0) is 12.7. The maximum Gasteiger partial charge on any atom is 0.178 e. The summed E-state index contributed by atoms with van der Waals surface area (Å²) in [6, 6.07) is 7.11. The summed E-state index contributed by atoms with van der Waals surface area (Å²) in [7, 11) is 0. The molecule has 0 atom stereocenters. The van der Waals surface area contributed by atoms with E-state index in [2.05, 4.69) is 10.1 Å². The molecule has 0 saturated heterocycles. The second kappa shape index (κ2) is 3.73. The van der Waals surface area contributed by atoms with Gasteiger partial charge in [-0.2, -0.15) is 5.10 Å². The average Bonchev–Trinajstić information content (AvgIpc) is 2.65. The Kier molecular flexibility index (Phi) is 2.19. The Hall–Kier alpha value is -2.56. The fourth-order valence-corrected chi connectivity index (χ4v) is 1.92. The van der Waals surface area contributed by atoms with Crippen molar-refractivity contribution in [3.05, 3.63) is 42.4 Å². The molecule has 2 heterocycles. The lowest BCUT2D eigenvalue weighted by Gasteiger charge is -2.04. The molecule has 0 radical (unpaired) electrons. The van der Waals surface area contributed by atoms with Gasteiger partial charge in [0.1, 0.15) is 11.4 Å². The summed E-state index contributed by atoms with van der Waals surface area (Å²) in [5.41, 5.74) is 9.34. The number of nitrogens with zero attached hydrogens (tertiary/aromatic N) is 3. The molecule has 90 valence electrons. The van der Waals surface area contributed by atoms with Gasteiger partial charge >= 0.3 is 0 Å². The molecular formula is C13H12N4O. The van der Waals surface area contributed by atoms with E-state index in [0.717, 1.165) is 16.8 Å². The van der Waals surface area contributed by atoms with Crippen LogP contribution in [-0.2, 0) is 0 Å². The fourth-order valence-electron chi connectivity index (χ4n) is 1.92. The van der Waals surface area contributed by atoms with Crippen LogP contribution in [0.1, 0.15) is 5.69 Å². The minimum atomic E-state index is 0.218. The third kappa shape index (κ3) is 1.48. The fraction of sp³-hybridized carbons (Fsp3) is 0.0769. The van der Waals surface area contributed by atoms with Crippen LogP contribution in [0.15, 0.2) is 36.7 Å². The van der Waals surface area contributed by atoms with Crippen LogP contribution < -0.4 is 5.73 Å². The van der Waals surface area contributed by atoms with E-state index >= 15 is 0 Å². The molecule has 0 aliphatic carbocycles. The second-order valence-electron chi connectivity index (χ2n) is 4.13. The minimum Gasteiger partial charge on any atom is -0.507 e. The molecule has 18 heavy (non-hydrogen) atoms. The zero-order valence-corrected chi connectivity index (χ0v) is 9.83. The number of nitrogens with two attached hydrogens (primary N) is 1. The number of hydrogen-bond donors (Lipinski definition) is 2. The molecule has 2 aromatic heterocycles. The Morgan fingerprint density at radius 1 is 1.28 bits per heavy atom. The number of phenols is 1. The highest BCUT2D eigenvalue weighted by atomic mass is 16.3. The highest BCUT2D eigenvalue weighted by Crippen LogP contribution is 2.28. The molecule has 3 N–H and O–H groups in total. The van der Waals surface area contributed by atoms with Gasteiger partial charge in [0.05, 0.1) is 5.69 Å². The molecule has 5 nitrogen and oxygen atoms in total. The molecular weight excluding hydrogens is 228 g/mol. The van der Waals surface area contributed by atoms with Gasteiger partial charge in [-0.15, -0.1) is 0 Å². The van der Waals surface area contributed by atoms with Crippen LogP contribution in [0.3, 0.4) is 0 Å². The van der Waals surface area contributed by atoms with Crippen molar-refractivity contribution < 1.29 is 5.11 Å². The third-order valence-electron chi connectivity index (χ3n) is 2.91. The number of hydrogen-bond acceptors (Lipinski definition) is 4. The molecule has 0 fully saturated rings. The first-order valence-electron chi connectivity index (χ1n) is 5.55. The van der Waals surface area contributed by atoms with Crippen LogP contribution in [-0.4, -0.2) is 19.7 Å². The van der Waals surface area contributed by atoms with E-state index in [1.807, 2.05) is 19.1 Å². The SMILES string of the molecule is Cc1nn2cc(-c3ccccc3O)cnc2c1N. The number of benzene rings is 1. The molecule has 0 spiro atoms. The van der Waals surface area contributed by atoms with Crippen LogP contribution in [0.4, 0.5) is 5.69 Å². The number of aromatic hydroxyl groups is 1. The predicted octanol–water partition coefficient (Wildman–Crippen LogP) is 1.99. The van der Waals surface area contributed by atoms with Gasteiger partial charge < -0.3 is 10.8 Å². The maximum atomic E-state index is 9.81. The topological polar surface area (TPSA) is 76.4 Å². The van der Waals surface area contributed by atoms with E-state index in [1.165, 1.54) is 0 Å². The Bertz CT molecular complexity index is 733. The molecule has 0 unspecified atom stereocenters. The minimum absolute atomic E-state index is 0.218. The number of aromatic nitrogens is 3. The van der Waals surface area contributed by atoms with Crippen LogP contribution in [0.2, 0.25) is 0 Å². The largest absolute Gasteiger partial charge is 0.507 e. The van der Waals surface area contributed by atoms with Crippen molar-refractivity contribution in [2.45, 2.75) is 6.92 Å². The van der Waals surface area contributed by atoms with Gasteiger partial charge in [0, 0.05) is 23.5 Å². The normalized spacial score (nSPS) is 10.9. The van der Waals surface area contributed by atoms with Gasteiger partial charge in [-0.25, -0.2) is 9.50 Å². The van der Waals surface area contributed by atoms with Gasteiger partial charge in [0.25, 0.3) is 0 Å². The number of anilines is 1. The van der Waals surface area contributed by atoms with Crippen molar-refractivity contribution in [1.29, 1.82) is 0 Å². The number of nitrogen functional groups attached to an aromatic ring is 1. The molecule has 1 aromatic carbocycles. The number of aryl methyl sites for hydroxylation is 1. The van der Waals surface area contributed by atoms with E-state index in [-0.39, 0.29) is 5.75 Å². The lowest BCUT2D eigenvalue weighted by molar-refractivity contribution is 0.477. The smallest absolute Gasteiger partial charge is 0.178 e. The molecule has 0 amide bonds. The van der Waals surface area contributed by atoms with Crippen molar-refractivity contribution >= 4 is 11.3 Å². The summed E-state index contributed by atoms with van der Waals surface area (Å²) in [5.74, 6) is 0.218. The predicted molar refractivity (Wildman–Crippen MR) is 69.2 cm³/mol. The van der Waals surface area contributed by atoms with Gasteiger partial charge in [-0.3, -0.25) is 0 Å². The first kappa shape index (κ1) is 10.6. The quantitative estimate of drug-likeness (QED) is 0.682. The summed E-state index contributed by atoms with van der Waals surface area (Å²) in [6.45, 7) is 1.84. The van der Waals surface area contributed by atoms with Crippen LogP contribution in [0.25, 0.3) is 16.8 Å². The lowest BCUT2D eigenvalue weighted by Crippen LogP contribution is -1.93. The van der Waals surface area contributed by atoms with Crippen molar-refractivity contribution in [2.75, 3.05) is 5.73 Å². The van der Waals surface area contributed by atoms with E-state index in [0.29, 0.717) is 11.3 Å². The number of fused-ring (bicyclic) bond motifs is 1. The van der Waals surface area contributed by atoms with E-state index in [4.69, 9.17) is 5.73 Å². The van der Waals surface area contributed by atoms with Gasteiger partial charge in [0.15, 0.2) is 5.65 Å². The van der Waals surface area contributed by atoms with Crippen molar-refractivity contribution in [3.8, 4) is 16.9 Å². The summed E-state index contributed by atoms with van der Waals surface area (Å²) in [6.07, 6.45) is 3.49. The Morgan fingerprint density at radius 3 is 2.83 bits per heavy atom. The summed E-state index contributed by atoms with van der Waals surface area (Å²) in [5, 5.41) is 14.1. The van der Waals surface area contributed by atoms with Crippen molar-refractivity contribution in [2.24, 2.45) is 0 Å². The Balaban J connectivity index is 2.23. The molecule has 0 aliphatic rings. The van der Waals surface area contributed by atoms with Gasteiger partial charge in [-0.05, 0) is 13.0 Å². The molecule has 3 aromatic rings. The summed E-state index contributed by atoms with van der Waals surface area (Å²) < 4.78 is 1.63. The van der Waals surface area contributed by atoms with Crippen LogP contribution in [0, 0.1) is 6.92 Å². The first-order chi connectivity index (χ1) is 8.66. The average molecular weight is 240 g/mol. The van der Waals surface area contributed by atoms with E-state index in [9.17, 15) is 5.11 Å². The van der Waals surface area contributed by atoms with Crippen molar-refractivity contribution in [3.63, 3.8) is 0 Å². The lowest BCUT2D eigenvalue weighted by atomic mass is 10.1.